The number of nitrogens with zero attached hydrogens (tertiary/aromatic N) is 1. The second-order valence-electron chi connectivity index (χ2n) is 5.45. The first-order valence-corrected chi connectivity index (χ1v) is 7.78. The Balaban J connectivity index is 3.17. The Morgan fingerprint density at radius 2 is 2.08 bits per heavy atom. The molecule has 0 N–H and O–H groups in total. The first-order chi connectivity index (χ1) is 11.4. The number of allylic oxidation sites excluding steroid dienone is 5. The SMILES string of the molecule is C=C(C)/C=C(\C=C(/F)CCC(=O)OCC)c1c(C)cccc1C#N. The van der Waals surface area contributed by atoms with E-state index in [1.807, 2.05) is 13.0 Å². The van der Waals surface area contributed by atoms with Crippen molar-refractivity contribution in [3.8, 4) is 6.07 Å². The minimum absolute atomic E-state index is 0.0184. The summed E-state index contributed by atoms with van der Waals surface area (Å²) >= 11 is 0. The number of nitriles is 1. The quantitative estimate of drug-likeness (QED) is 0.522. The van der Waals surface area contributed by atoms with E-state index in [0.29, 0.717) is 16.7 Å². The van der Waals surface area contributed by atoms with Crippen LogP contribution in [0.25, 0.3) is 5.57 Å². The first-order valence-electron chi connectivity index (χ1n) is 7.78. The van der Waals surface area contributed by atoms with E-state index in [9.17, 15) is 14.4 Å². The number of rotatable bonds is 7. The second-order valence-corrected chi connectivity index (χ2v) is 5.45. The van der Waals surface area contributed by atoms with Gasteiger partial charge in [0.2, 0.25) is 0 Å². The average molecular weight is 327 g/mol. The highest BCUT2D eigenvalue weighted by atomic mass is 19.1. The van der Waals surface area contributed by atoms with Gasteiger partial charge >= 0.3 is 5.97 Å². The standard InChI is InChI=1S/C20H22FNO2/c1-5-24-19(23)10-9-18(21)12-17(11-14(2)3)20-15(4)7-6-8-16(20)13-22/h6-8,11-12H,2,5,9-10H2,1,3-4H3/b17-11+,18-12-. The maximum Gasteiger partial charge on any atom is 0.306 e. The molecule has 0 heterocycles. The number of benzene rings is 1. The Bertz CT molecular complexity index is 724. The van der Waals surface area contributed by atoms with Crippen LogP contribution in [0.1, 0.15) is 43.4 Å². The Hall–Kier alpha value is -2.67. The second kappa shape index (κ2) is 9.46. The van der Waals surface area contributed by atoms with E-state index < -0.39 is 11.8 Å². The van der Waals surface area contributed by atoms with Crippen LogP contribution in [0.15, 0.2) is 48.3 Å². The van der Waals surface area contributed by atoms with E-state index in [4.69, 9.17) is 4.74 Å². The molecule has 0 bridgehead atoms. The third-order valence-corrected chi connectivity index (χ3v) is 3.27. The Kier molecular flexibility index (Phi) is 7.64. The molecule has 0 saturated heterocycles. The van der Waals surface area contributed by atoms with Crippen molar-refractivity contribution in [2.75, 3.05) is 6.61 Å². The molecular weight excluding hydrogens is 305 g/mol. The summed E-state index contributed by atoms with van der Waals surface area (Å²) in [7, 11) is 0. The molecule has 0 fully saturated rings. The van der Waals surface area contributed by atoms with Crippen molar-refractivity contribution in [3.05, 3.63) is 65.0 Å². The van der Waals surface area contributed by atoms with Gasteiger partial charge < -0.3 is 4.74 Å². The lowest BCUT2D eigenvalue weighted by Gasteiger charge is -2.10. The van der Waals surface area contributed by atoms with Crippen molar-refractivity contribution in [1.82, 2.24) is 0 Å². The Labute approximate surface area is 142 Å². The van der Waals surface area contributed by atoms with Crippen LogP contribution in [0.4, 0.5) is 4.39 Å². The van der Waals surface area contributed by atoms with E-state index in [1.54, 1.807) is 32.1 Å². The largest absolute Gasteiger partial charge is 0.466 e. The van der Waals surface area contributed by atoms with Crippen molar-refractivity contribution in [3.63, 3.8) is 0 Å². The highest BCUT2D eigenvalue weighted by molar-refractivity contribution is 5.81. The summed E-state index contributed by atoms with van der Waals surface area (Å²) in [4.78, 5) is 11.3. The summed E-state index contributed by atoms with van der Waals surface area (Å²) < 4.78 is 19.1. The zero-order chi connectivity index (χ0) is 18.1. The molecule has 1 aromatic carbocycles. The molecule has 0 radical (unpaired) electrons. The van der Waals surface area contributed by atoms with Crippen LogP contribution in [0, 0.1) is 18.3 Å². The van der Waals surface area contributed by atoms with Crippen LogP contribution in [0.2, 0.25) is 0 Å². The molecule has 1 rings (SSSR count). The fourth-order valence-electron chi connectivity index (χ4n) is 2.29. The summed E-state index contributed by atoms with van der Waals surface area (Å²) in [6, 6.07) is 7.48. The van der Waals surface area contributed by atoms with Crippen molar-refractivity contribution >= 4 is 11.5 Å². The van der Waals surface area contributed by atoms with Crippen molar-refractivity contribution < 1.29 is 13.9 Å². The predicted octanol–water partition coefficient (Wildman–Crippen LogP) is 5.02. The summed E-state index contributed by atoms with van der Waals surface area (Å²) in [5.41, 5.74) is 3.33. The van der Waals surface area contributed by atoms with Gasteiger partial charge in [0.1, 0.15) is 5.83 Å². The fraction of sp³-hybridized carbons (Fsp3) is 0.300. The zero-order valence-electron chi connectivity index (χ0n) is 14.4. The van der Waals surface area contributed by atoms with Gasteiger partial charge in [-0.3, -0.25) is 4.79 Å². The smallest absolute Gasteiger partial charge is 0.306 e. The molecule has 126 valence electrons. The van der Waals surface area contributed by atoms with Crippen LogP contribution in [-0.4, -0.2) is 12.6 Å². The van der Waals surface area contributed by atoms with Crippen molar-refractivity contribution in [2.45, 2.75) is 33.6 Å². The number of halogens is 1. The van der Waals surface area contributed by atoms with Crippen LogP contribution in [-0.2, 0) is 9.53 Å². The molecule has 24 heavy (non-hydrogen) atoms. The highest BCUT2D eigenvalue weighted by Crippen LogP contribution is 2.27. The lowest BCUT2D eigenvalue weighted by Crippen LogP contribution is -2.03. The molecular formula is C20H22FNO2. The van der Waals surface area contributed by atoms with Crippen molar-refractivity contribution in [2.24, 2.45) is 0 Å². The summed E-state index contributed by atoms with van der Waals surface area (Å²) in [6.45, 7) is 9.48. The maximum absolute atomic E-state index is 14.3. The summed E-state index contributed by atoms with van der Waals surface area (Å²) in [5, 5.41) is 9.32. The zero-order valence-corrected chi connectivity index (χ0v) is 14.4. The van der Waals surface area contributed by atoms with Gasteiger partial charge in [0.15, 0.2) is 0 Å². The van der Waals surface area contributed by atoms with Crippen LogP contribution < -0.4 is 0 Å². The lowest BCUT2D eigenvalue weighted by molar-refractivity contribution is -0.143. The molecule has 0 spiro atoms. The molecule has 4 heteroatoms. The molecule has 0 saturated carbocycles. The number of esters is 1. The van der Waals surface area contributed by atoms with E-state index in [-0.39, 0.29) is 19.4 Å². The minimum atomic E-state index is -0.442. The molecule has 0 aliphatic rings. The number of carbonyl (C=O) groups excluding carboxylic acids is 1. The molecule has 0 unspecified atom stereocenters. The lowest BCUT2D eigenvalue weighted by atomic mass is 9.93. The molecule has 3 nitrogen and oxygen atoms in total. The molecule has 0 aliphatic heterocycles. The van der Waals surface area contributed by atoms with E-state index in [0.717, 1.165) is 11.1 Å². The van der Waals surface area contributed by atoms with Gasteiger partial charge in [0.25, 0.3) is 0 Å². The summed E-state index contributed by atoms with van der Waals surface area (Å²) in [6.07, 6.45) is 3.03. The maximum atomic E-state index is 14.3. The van der Waals surface area contributed by atoms with Gasteiger partial charge in [0, 0.05) is 12.0 Å². The van der Waals surface area contributed by atoms with Gasteiger partial charge in [-0.1, -0.05) is 30.4 Å². The summed E-state index contributed by atoms with van der Waals surface area (Å²) in [5.74, 6) is -0.872. The van der Waals surface area contributed by atoms with Gasteiger partial charge in [-0.2, -0.15) is 5.26 Å². The van der Waals surface area contributed by atoms with Gasteiger partial charge in [-0.15, -0.1) is 0 Å². The molecule has 0 amide bonds. The van der Waals surface area contributed by atoms with E-state index >= 15 is 0 Å². The van der Waals surface area contributed by atoms with Gasteiger partial charge in [-0.05, 0) is 44.1 Å². The number of carbonyl (C=O) groups is 1. The molecule has 0 atom stereocenters. The Morgan fingerprint density at radius 1 is 1.38 bits per heavy atom. The van der Waals surface area contributed by atoms with E-state index in [1.165, 1.54) is 6.08 Å². The predicted molar refractivity (Wildman–Crippen MR) is 93.7 cm³/mol. The van der Waals surface area contributed by atoms with Gasteiger partial charge in [0.05, 0.1) is 24.7 Å². The molecule has 1 aromatic rings. The number of hydrogen-bond donors (Lipinski definition) is 0. The van der Waals surface area contributed by atoms with Crippen LogP contribution >= 0.6 is 0 Å². The van der Waals surface area contributed by atoms with Gasteiger partial charge in [-0.25, -0.2) is 4.39 Å². The van der Waals surface area contributed by atoms with Crippen LogP contribution in [0.5, 0.6) is 0 Å². The topological polar surface area (TPSA) is 50.1 Å². The number of aryl methyl sites for hydroxylation is 1. The first kappa shape index (κ1) is 19.4. The van der Waals surface area contributed by atoms with Crippen LogP contribution in [0.3, 0.4) is 0 Å². The number of ether oxygens (including phenoxy) is 1. The fourth-order valence-corrected chi connectivity index (χ4v) is 2.29. The number of hydrogen-bond acceptors (Lipinski definition) is 3. The normalized spacial score (nSPS) is 11.8. The molecule has 0 aromatic heterocycles. The Morgan fingerprint density at radius 3 is 2.67 bits per heavy atom. The van der Waals surface area contributed by atoms with E-state index in [2.05, 4.69) is 12.6 Å². The van der Waals surface area contributed by atoms with Crippen molar-refractivity contribution in [1.29, 1.82) is 5.26 Å². The highest BCUT2D eigenvalue weighted by Gasteiger charge is 2.11. The average Bonchev–Trinajstić information content (AvgIpc) is 2.52. The third-order valence-electron chi connectivity index (χ3n) is 3.27. The monoisotopic (exact) mass is 327 g/mol. The minimum Gasteiger partial charge on any atom is -0.466 e. The third kappa shape index (κ3) is 5.85. The molecule has 0 aliphatic carbocycles.